The summed E-state index contributed by atoms with van der Waals surface area (Å²) < 4.78 is 6.18. The molecule has 0 aromatic heterocycles. The molecule has 2 atom stereocenters. The molecular formula is C20H18N2O3. The highest BCUT2D eigenvalue weighted by molar-refractivity contribution is 6.13. The number of fused-ring (bicyclic) bond motifs is 3. The van der Waals surface area contributed by atoms with E-state index in [1.54, 1.807) is 0 Å². The van der Waals surface area contributed by atoms with Crippen LogP contribution in [0.5, 0.6) is 5.75 Å². The zero-order valence-corrected chi connectivity index (χ0v) is 13.7. The fourth-order valence-electron chi connectivity index (χ4n) is 3.97. The summed E-state index contributed by atoms with van der Waals surface area (Å²) in [5, 5.41) is 4.31. The van der Waals surface area contributed by atoms with E-state index in [-0.39, 0.29) is 5.91 Å². The van der Waals surface area contributed by atoms with Crippen molar-refractivity contribution >= 4 is 11.6 Å². The molecule has 5 nitrogen and oxygen atoms in total. The van der Waals surface area contributed by atoms with Crippen molar-refractivity contribution in [3.63, 3.8) is 0 Å². The second-order valence-electron chi connectivity index (χ2n) is 6.66. The van der Waals surface area contributed by atoms with E-state index in [0.29, 0.717) is 5.71 Å². The first kappa shape index (κ1) is 14.5. The number of nitrogens with zero attached hydrogens (tertiary/aromatic N) is 2. The molecule has 1 saturated heterocycles. The number of hydrogen-bond acceptors (Lipinski definition) is 4. The Balaban J connectivity index is 1.63. The Morgan fingerprint density at radius 1 is 1.04 bits per heavy atom. The van der Waals surface area contributed by atoms with E-state index >= 15 is 0 Å². The van der Waals surface area contributed by atoms with Gasteiger partial charge in [-0.1, -0.05) is 47.6 Å². The van der Waals surface area contributed by atoms with Gasteiger partial charge in [0.2, 0.25) is 6.10 Å². The standard InChI is InChI=1S/C20H18N2O3/c23-19(22-12-6-7-13-22)20(14-8-2-1-3-9-14)18-17(21-25-20)15-10-4-5-11-16(15)24-18/h1-5,8-11,18H,6-7,12-13H2. The summed E-state index contributed by atoms with van der Waals surface area (Å²) in [7, 11) is 0. The fourth-order valence-corrected chi connectivity index (χ4v) is 3.97. The Kier molecular flexibility index (Phi) is 3.10. The zero-order valence-electron chi connectivity index (χ0n) is 13.7. The average molecular weight is 334 g/mol. The van der Waals surface area contributed by atoms with Gasteiger partial charge in [0.15, 0.2) is 0 Å². The lowest BCUT2D eigenvalue weighted by Gasteiger charge is -2.33. The second-order valence-corrected chi connectivity index (χ2v) is 6.66. The monoisotopic (exact) mass is 334 g/mol. The van der Waals surface area contributed by atoms with Gasteiger partial charge in [-0.25, -0.2) is 0 Å². The second kappa shape index (κ2) is 5.34. The lowest BCUT2D eigenvalue weighted by Crippen LogP contribution is -2.54. The van der Waals surface area contributed by atoms with Gasteiger partial charge < -0.3 is 14.5 Å². The van der Waals surface area contributed by atoms with Crippen LogP contribution in [0.1, 0.15) is 24.0 Å². The van der Waals surface area contributed by atoms with Crippen molar-refractivity contribution in [2.45, 2.75) is 24.5 Å². The molecule has 1 amide bonds. The number of oxime groups is 1. The van der Waals surface area contributed by atoms with Crippen molar-refractivity contribution in [2.24, 2.45) is 5.16 Å². The number of carbonyl (C=O) groups is 1. The molecule has 5 rings (SSSR count). The number of hydrogen-bond donors (Lipinski definition) is 0. The molecule has 2 unspecified atom stereocenters. The number of rotatable bonds is 2. The molecule has 0 radical (unpaired) electrons. The molecule has 3 aliphatic heterocycles. The maximum Gasteiger partial charge on any atom is 0.282 e. The summed E-state index contributed by atoms with van der Waals surface area (Å²) in [5.74, 6) is 0.692. The summed E-state index contributed by atoms with van der Waals surface area (Å²) in [6.07, 6.45) is 1.49. The SMILES string of the molecule is O=C(N1CCCC1)C1(c2ccccc2)ON=C2c3ccccc3OC21. The number of ether oxygens (including phenoxy) is 1. The van der Waals surface area contributed by atoms with Gasteiger partial charge in [-0.05, 0) is 25.0 Å². The van der Waals surface area contributed by atoms with Crippen LogP contribution in [0.15, 0.2) is 59.8 Å². The van der Waals surface area contributed by atoms with Crippen molar-refractivity contribution in [3.8, 4) is 5.75 Å². The molecule has 0 bridgehead atoms. The minimum Gasteiger partial charge on any atom is -0.478 e. The Morgan fingerprint density at radius 3 is 2.56 bits per heavy atom. The van der Waals surface area contributed by atoms with Gasteiger partial charge in [-0.15, -0.1) is 0 Å². The van der Waals surface area contributed by atoms with Gasteiger partial charge in [0.25, 0.3) is 11.5 Å². The first-order valence-electron chi connectivity index (χ1n) is 8.68. The van der Waals surface area contributed by atoms with Crippen LogP contribution in [-0.2, 0) is 15.2 Å². The molecule has 2 aromatic rings. The molecule has 25 heavy (non-hydrogen) atoms. The average Bonchev–Trinajstić information content (AvgIpc) is 3.38. The van der Waals surface area contributed by atoms with E-state index in [4.69, 9.17) is 9.57 Å². The van der Waals surface area contributed by atoms with Crippen LogP contribution in [0.3, 0.4) is 0 Å². The summed E-state index contributed by atoms with van der Waals surface area (Å²) in [6, 6.07) is 17.3. The molecule has 5 heteroatoms. The molecule has 0 spiro atoms. The van der Waals surface area contributed by atoms with Crippen molar-refractivity contribution in [1.29, 1.82) is 0 Å². The van der Waals surface area contributed by atoms with Crippen LogP contribution in [-0.4, -0.2) is 35.7 Å². The highest BCUT2D eigenvalue weighted by atomic mass is 16.7. The molecule has 2 aromatic carbocycles. The van der Waals surface area contributed by atoms with Gasteiger partial charge in [0.1, 0.15) is 11.5 Å². The number of benzene rings is 2. The van der Waals surface area contributed by atoms with Gasteiger partial charge in [-0.3, -0.25) is 4.79 Å². The highest BCUT2D eigenvalue weighted by Gasteiger charge is 2.62. The maximum atomic E-state index is 13.5. The van der Waals surface area contributed by atoms with E-state index in [1.165, 1.54) is 0 Å². The Hall–Kier alpha value is -2.82. The zero-order chi connectivity index (χ0) is 16.9. The largest absolute Gasteiger partial charge is 0.478 e. The molecule has 3 heterocycles. The minimum absolute atomic E-state index is 0.0623. The lowest BCUT2D eigenvalue weighted by atomic mass is 9.84. The number of carbonyl (C=O) groups excluding carboxylic acids is 1. The van der Waals surface area contributed by atoms with Crippen LogP contribution in [0.2, 0.25) is 0 Å². The molecule has 0 saturated carbocycles. The van der Waals surface area contributed by atoms with E-state index in [0.717, 1.165) is 42.8 Å². The molecule has 1 fully saturated rings. The van der Waals surface area contributed by atoms with Crippen LogP contribution in [0, 0.1) is 0 Å². The predicted octanol–water partition coefficient (Wildman–Crippen LogP) is 2.70. The Bertz CT molecular complexity index is 858. The quantitative estimate of drug-likeness (QED) is 0.848. The third kappa shape index (κ3) is 1.95. The smallest absolute Gasteiger partial charge is 0.282 e. The summed E-state index contributed by atoms with van der Waals surface area (Å²) in [4.78, 5) is 21.3. The van der Waals surface area contributed by atoms with E-state index in [2.05, 4.69) is 5.16 Å². The minimum atomic E-state index is -1.25. The summed E-state index contributed by atoms with van der Waals surface area (Å²) >= 11 is 0. The first-order chi connectivity index (χ1) is 12.3. The van der Waals surface area contributed by atoms with Gasteiger partial charge in [0, 0.05) is 24.2 Å². The van der Waals surface area contributed by atoms with E-state index < -0.39 is 11.7 Å². The Labute approximate surface area is 145 Å². The predicted molar refractivity (Wildman–Crippen MR) is 92.4 cm³/mol. The number of amides is 1. The lowest BCUT2D eigenvalue weighted by molar-refractivity contribution is -0.163. The van der Waals surface area contributed by atoms with Crippen LogP contribution in [0.4, 0.5) is 0 Å². The number of likely N-dealkylation sites (tertiary alicyclic amines) is 1. The van der Waals surface area contributed by atoms with Gasteiger partial charge in [0.05, 0.1) is 0 Å². The van der Waals surface area contributed by atoms with E-state index in [9.17, 15) is 4.79 Å². The van der Waals surface area contributed by atoms with Crippen molar-refractivity contribution in [3.05, 3.63) is 65.7 Å². The summed E-state index contributed by atoms with van der Waals surface area (Å²) in [5.41, 5.74) is 1.13. The molecule has 126 valence electrons. The number of para-hydroxylation sites is 1. The van der Waals surface area contributed by atoms with Crippen LogP contribution in [0.25, 0.3) is 0 Å². The maximum absolute atomic E-state index is 13.5. The fraction of sp³-hybridized carbons (Fsp3) is 0.300. The van der Waals surface area contributed by atoms with E-state index in [1.807, 2.05) is 59.5 Å². The Morgan fingerprint density at radius 2 is 1.76 bits per heavy atom. The normalized spacial score (nSPS) is 26.5. The highest BCUT2D eigenvalue weighted by Crippen LogP contribution is 2.46. The van der Waals surface area contributed by atoms with Crippen LogP contribution >= 0.6 is 0 Å². The van der Waals surface area contributed by atoms with Crippen molar-refractivity contribution in [2.75, 3.05) is 13.1 Å². The topological polar surface area (TPSA) is 51.1 Å². The third-order valence-electron chi connectivity index (χ3n) is 5.23. The summed E-state index contributed by atoms with van der Waals surface area (Å²) in [6.45, 7) is 1.51. The third-order valence-corrected chi connectivity index (χ3v) is 5.23. The molecule has 0 aliphatic carbocycles. The van der Waals surface area contributed by atoms with Crippen molar-refractivity contribution in [1.82, 2.24) is 4.90 Å². The van der Waals surface area contributed by atoms with Gasteiger partial charge >= 0.3 is 0 Å². The molecule has 0 N–H and O–H groups in total. The van der Waals surface area contributed by atoms with Gasteiger partial charge in [-0.2, -0.15) is 0 Å². The van der Waals surface area contributed by atoms with Crippen molar-refractivity contribution < 1.29 is 14.4 Å². The molecule has 3 aliphatic rings. The molecular weight excluding hydrogens is 316 g/mol. The first-order valence-corrected chi connectivity index (χ1v) is 8.68. The van der Waals surface area contributed by atoms with Crippen LogP contribution < -0.4 is 4.74 Å².